The molecule has 1 fully saturated rings. The van der Waals surface area contributed by atoms with Gasteiger partial charge in [-0.1, -0.05) is 0 Å². The quantitative estimate of drug-likeness (QED) is 0.544. The number of nitrogens with zero attached hydrogens (tertiary/aromatic N) is 1. The van der Waals surface area contributed by atoms with E-state index in [1.54, 1.807) is 19.2 Å². The molecule has 0 bridgehead atoms. The van der Waals surface area contributed by atoms with Crippen LogP contribution < -0.4 is 16.4 Å². The van der Waals surface area contributed by atoms with Crippen LogP contribution in [-0.2, 0) is 0 Å². The van der Waals surface area contributed by atoms with E-state index < -0.39 is 0 Å². The van der Waals surface area contributed by atoms with Crippen molar-refractivity contribution in [2.45, 2.75) is 19.3 Å². The lowest BCUT2D eigenvalue weighted by atomic mass is 10.1. The molecule has 1 aromatic rings. The highest BCUT2D eigenvalue weighted by molar-refractivity contribution is 6.00. The standard InChI is InChI=1S/C15H24N4O/c1-17-15(20)13-6-5-12(16)11-14(13)18-7-4-10-19-8-2-3-9-19/h5-6,11,18H,2-4,7-10,16H2,1H3,(H,17,20). The van der Waals surface area contributed by atoms with Gasteiger partial charge < -0.3 is 21.3 Å². The first kappa shape index (κ1) is 14.7. The summed E-state index contributed by atoms with van der Waals surface area (Å²) in [5.74, 6) is -0.0907. The van der Waals surface area contributed by atoms with Gasteiger partial charge >= 0.3 is 0 Å². The van der Waals surface area contributed by atoms with Crippen molar-refractivity contribution in [1.29, 1.82) is 0 Å². The molecule has 0 aliphatic carbocycles. The fourth-order valence-corrected chi connectivity index (χ4v) is 2.57. The number of amides is 1. The molecule has 1 heterocycles. The number of carbonyl (C=O) groups excluding carboxylic acids is 1. The van der Waals surface area contributed by atoms with Gasteiger partial charge in [0.1, 0.15) is 0 Å². The van der Waals surface area contributed by atoms with Gasteiger partial charge in [0, 0.05) is 25.0 Å². The van der Waals surface area contributed by atoms with E-state index in [1.165, 1.54) is 25.9 Å². The first-order valence-electron chi connectivity index (χ1n) is 7.28. The number of benzene rings is 1. The first-order chi connectivity index (χ1) is 9.70. The molecule has 0 unspecified atom stereocenters. The Bertz CT molecular complexity index is 455. The molecule has 5 heteroatoms. The van der Waals surface area contributed by atoms with Gasteiger partial charge in [0.05, 0.1) is 5.56 Å². The molecule has 4 N–H and O–H groups in total. The lowest BCUT2D eigenvalue weighted by Gasteiger charge is -2.16. The van der Waals surface area contributed by atoms with E-state index in [9.17, 15) is 4.79 Å². The van der Waals surface area contributed by atoms with Crippen LogP contribution in [0.4, 0.5) is 11.4 Å². The van der Waals surface area contributed by atoms with E-state index in [2.05, 4.69) is 15.5 Å². The molecule has 1 saturated heterocycles. The van der Waals surface area contributed by atoms with Gasteiger partial charge in [-0.3, -0.25) is 4.79 Å². The zero-order chi connectivity index (χ0) is 14.4. The van der Waals surface area contributed by atoms with Crippen molar-refractivity contribution >= 4 is 17.3 Å². The van der Waals surface area contributed by atoms with E-state index in [-0.39, 0.29) is 5.91 Å². The second-order valence-corrected chi connectivity index (χ2v) is 5.21. The predicted octanol–water partition coefficient (Wildman–Crippen LogP) is 1.53. The number of hydrogen-bond acceptors (Lipinski definition) is 4. The molecule has 1 aliphatic rings. The number of hydrogen-bond donors (Lipinski definition) is 3. The molecule has 5 nitrogen and oxygen atoms in total. The highest BCUT2D eigenvalue weighted by atomic mass is 16.1. The molecule has 0 saturated carbocycles. The fourth-order valence-electron chi connectivity index (χ4n) is 2.57. The second kappa shape index (κ2) is 7.14. The average molecular weight is 276 g/mol. The van der Waals surface area contributed by atoms with E-state index in [0.29, 0.717) is 11.3 Å². The SMILES string of the molecule is CNC(=O)c1ccc(N)cc1NCCCN1CCCC1. The third kappa shape index (κ3) is 3.87. The average Bonchev–Trinajstić information content (AvgIpc) is 2.96. The normalized spacial score (nSPS) is 15.2. The summed E-state index contributed by atoms with van der Waals surface area (Å²) < 4.78 is 0. The maximum Gasteiger partial charge on any atom is 0.253 e. The Morgan fingerprint density at radius 1 is 1.35 bits per heavy atom. The maximum absolute atomic E-state index is 11.8. The van der Waals surface area contributed by atoms with Crippen molar-refractivity contribution in [3.63, 3.8) is 0 Å². The highest BCUT2D eigenvalue weighted by Crippen LogP contribution is 2.19. The Kier molecular flexibility index (Phi) is 5.24. The van der Waals surface area contributed by atoms with Crippen LogP contribution in [0, 0.1) is 0 Å². The number of rotatable bonds is 6. The zero-order valence-corrected chi connectivity index (χ0v) is 12.1. The Morgan fingerprint density at radius 2 is 2.10 bits per heavy atom. The largest absolute Gasteiger partial charge is 0.399 e. The highest BCUT2D eigenvalue weighted by Gasteiger charge is 2.12. The van der Waals surface area contributed by atoms with Gasteiger partial charge in [-0.25, -0.2) is 0 Å². The van der Waals surface area contributed by atoms with Crippen LogP contribution in [0.3, 0.4) is 0 Å². The summed E-state index contributed by atoms with van der Waals surface area (Å²) in [6.07, 6.45) is 3.72. The number of nitrogens with one attached hydrogen (secondary N) is 2. The summed E-state index contributed by atoms with van der Waals surface area (Å²) in [5, 5.41) is 5.97. The Balaban J connectivity index is 1.87. The van der Waals surface area contributed by atoms with Crippen LogP contribution in [-0.4, -0.2) is 44.0 Å². The lowest BCUT2D eigenvalue weighted by molar-refractivity contribution is 0.0964. The Morgan fingerprint density at radius 3 is 2.80 bits per heavy atom. The molecule has 0 radical (unpaired) electrons. The van der Waals surface area contributed by atoms with Crippen LogP contribution in [0.25, 0.3) is 0 Å². The van der Waals surface area contributed by atoms with Gasteiger partial charge in [-0.05, 0) is 57.1 Å². The summed E-state index contributed by atoms with van der Waals surface area (Å²) in [5.41, 5.74) is 7.91. The Labute approximate surface area is 120 Å². The van der Waals surface area contributed by atoms with Crippen molar-refractivity contribution in [1.82, 2.24) is 10.2 Å². The number of anilines is 2. The smallest absolute Gasteiger partial charge is 0.253 e. The molecule has 0 atom stereocenters. The van der Waals surface area contributed by atoms with Gasteiger partial charge in [-0.15, -0.1) is 0 Å². The summed E-state index contributed by atoms with van der Waals surface area (Å²) >= 11 is 0. The predicted molar refractivity (Wildman–Crippen MR) is 83.0 cm³/mol. The number of nitrogen functional groups attached to an aromatic ring is 1. The third-order valence-electron chi connectivity index (χ3n) is 3.68. The third-order valence-corrected chi connectivity index (χ3v) is 3.68. The van der Waals surface area contributed by atoms with Crippen LogP contribution in [0.2, 0.25) is 0 Å². The van der Waals surface area contributed by atoms with E-state index in [1.807, 2.05) is 6.07 Å². The molecule has 110 valence electrons. The minimum Gasteiger partial charge on any atom is -0.399 e. The van der Waals surface area contributed by atoms with Crippen LogP contribution in [0.1, 0.15) is 29.6 Å². The fraction of sp³-hybridized carbons (Fsp3) is 0.533. The van der Waals surface area contributed by atoms with Crippen molar-refractivity contribution in [3.05, 3.63) is 23.8 Å². The molecule has 1 aliphatic heterocycles. The molecule has 20 heavy (non-hydrogen) atoms. The molecule has 1 amide bonds. The zero-order valence-electron chi connectivity index (χ0n) is 12.1. The van der Waals surface area contributed by atoms with Gasteiger partial charge in [0.15, 0.2) is 0 Å². The number of nitrogens with two attached hydrogens (primary N) is 1. The Hall–Kier alpha value is -1.75. The van der Waals surface area contributed by atoms with Crippen LogP contribution in [0.15, 0.2) is 18.2 Å². The molecule has 1 aromatic carbocycles. The maximum atomic E-state index is 11.8. The molecular formula is C15H24N4O. The number of likely N-dealkylation sites (tertiary alicyclic amines) is 1. The van der Waals surface area contributed by atoms with E-state index in [0.717, 1.165) is 25.2 Å². The van der Waals surface area contributed by atoms with Crippen LogP contribution >= 0.6 is 0 Å². The van der Waals surface area contributed by atoms with E-state index in [4.69, 9.17) is 5.73 Å². The number of carbonyl (C=O) groups is 1. The minimum absolute atomic E-state index is 0.0907. The van der Waals surface area contributed by atoms with Gasteiger partial charge in [0.25, 0.3) is 5.91 Å². The topological polar surface area (TPSA) is 70.4 Å². The van der Waals surface area contributed by atoms with E-state index >= 15 is 0 Å². The first-order valence-corrected chi connectivity index (χ1v) is 7.28. The lowest BCUT2D eigenvalue weighted by Crippen LogP contribution is -2.23. The van der Waals surface area contributed by atoms with Crippen molar-refractivity contribution in [3.8, 4) is 0 Å². The minimum atomic E-state index is -0.0907. The summed E-state index contributed by atoms with van der Waals surface area (Å²) in [4.78, 5) is 14.3. The van der Waals surface area contributed by atoms with Crippen molar-refractivity contribution < 1.29 is 4.79 Å². The molecule has 2 rings (SSSR count). The monoisotopic (exact) mass is 276 g/mol. The summed E-state index contributed by atoms with van der Waals surface area (Å²) in [6, 6.07) is 5.33. The van der Waals surface area contributed by atoms with Crippen molar-refractivity contribution in [2.24, 2.45) is 0 Å². The van der Waals surface area contributed by atoms with Gasteiger partial charge in [-0.2, -0.15) is 0 Å². The van der Waals surface area contributed by atoms with Crippen molar-refractivity contribution in [2.75, 3.05) is 44.3 Å². The molecular weight excluding hydrogens is 252 g/mol. The molecule has 0 spiro atoms. The molecule has 0 aromatic heterocycles. The summed E-state index contributed by atoms with van der Waals surface area (Å²) in [7, 11) is 1.63. The second-order valence-electron chi connectivity index (χ2n) is 5.21. The van der Waals surface area contributed by atoms with Gasteiger partial charge in [0.2, 0.25) is 0 Å². The summed E-state index contributed by atoms with van der Waals surface area (Å²) in [6.45, 7) is 4.41. The van der Waals surface area contributed by atoms with Crippen LogP contribution in [0.5, 0.6) is 0 Å².